The summed E-state index contributed by atoms with van der Waals surface area (Å²) in [6, 6.07) is 6.17. The molecule has 1 aromatic carbocycles. The number of nitrogens with one attached hydrogen (secondary N) is 3. The van der Waals surface area contributed by atoms with E-state index in [4.69, 9.17) is 5.73 Å². The lowest BCUT2D eigenvalue weighted by atomic mass is 9.97. The van der Waals surface area contributed by atoms with E-state index in [9.17, 15) is 24.3 Å². The third-order valence-corrected chi connectivity index (χ3v) is 5.14. The minimum absolute atomic E-state index is 0.218. The van der Waals surface area contributed by atoms with Crippen molar-refractivity contribution in [2.45, 2.75) is 58.7 Å². The minimum atomic E-state index is -1.13. The van der Waals surface area contributed by atoms with Crippen molar-refractivity contribution in [1.82, 2.24) is 16.0 Å². The van der Waals surface area contributed by atoms with Crippen LogP contribution in [-0.4, -0.2) is 53.5 Å². The van der Waals surface area contributed by atoms with Crippen LogP contribution in [0.25, 0.3) is 0 Å². The van der Waals surface area contributed by atoms with Crippen molar-refractivity contribution >= 4 is 23.7 Å². The second kappa shape index (κ2) is 12.7. The average Bonchev–Trinajstić information content (AvgIpc) is 2.74. The molecular weight excluding hydrogens is 400 g/mol. The van der Waals surface area contributed by atoms with Gasteiger partial charge in [0.05, 0.1) is 6.54 Å². The van der Waals surface area contributed by atoms with Crippen LogP contribution in [0.15, 0.2) is 30.3 Å². The fraction of sp³-hybridized carbons (Fsp3) is 0.545. The molecule has 0 aromatic heterocycles. The maximum atomic E-state index is 13.0. The van der Waals surface area contributed by atoms with E-state index in [0.29, 0.717) is 6.42 Å². The van der Waals surface area contributed by atoms with Crippen molar-refractivity contribution in [3.8, 4) is 0 Å². The quantitative estimate of drug-likeness (QED) is 0.322. The second-order valence-electron chi connectivity index (χ2n) is 7.95. The number of carbonyl (C=O) groups excluding carboxylic acids is 3. The van der Waals surface area contributed by atoms with E-state index in [1.165, 1.54) is 0 Å². The fourth-order valence-electron chi connectivity index (χ4n) is 3.03. The van der Waals surface area contributed by atoms with Crippen LogP contribution in [0, 0.1) is 11.8 Å². The van der Waals surface area contributed by atoms with Crippen molar-refractivity contribution in [3.05, 3.63) is 35.9 Å². The topological polar surface area (TPSA) is 151 Å². The molecule has 1 aromatic rings. The van der Waals surface area contributed by atoms with Gasteiger partial charge in [0.15, 0.2) is 0 Å². The number of hydrogen-bond acceptors (Lipinski definition) is 5. The number of amides is 3. The first kappa shape index (κ1) is 26.1. The maximum absolute atomic E-state index is 13.0. The van der Waals surface area contributed by atoms with Gasteiger partial charge >= 0.3 is 5.97 Å². The Labute approximate surface area is 183 Å². The van der Waals surface area contributed by atoms with Gasteiger partial charge in [0.2, 0.25) is 17.7 Å². The van der Waals surface area contributed by atoms with Gasteiger partial charge in [0.1, 0.15) is 18.1 Å². The summed E-state index contributed by atoms with van der Waals surface area (Å²) >= 11 is 0. The molecule has 0 heterocycles. The van der Waals surface area contributed by atoms with E-state index >= 15 is 0 Å². The van der Waals surface area contributed by atoms with E-state index < -0.39 is 41.8 Å². The molecule has 1 rings (SSSR count). The van der Waals surface area contributed by atoms with Crippen LogP contribution in [0.2, 0.25) is 0 Å². The van der Waals surface area contributed by atoms with Gasteiger partial charge in [-0.3, -0.25) is 14.4 Å². The highest BCUT2D eigenvalue weighted by molar-refractivity contribution is 5.93. The van der Waals surface area contributed by atoms with Crippen LogP contribution >= 0.6 is 0 Å². The average molecular weight is 435 g/mol. The van der Waals surface area contributed by atoms with E-state index in [1.54, 1.807) is 20.8 Å². The molecule has 4 unspecified atom stereocenters. The Hall–Kier alpha value is -2.94. The standard InChI is InChI=1S/C22H34N4O5/c1-5-14(4)19(22(30)31)26-21(29)18(13(2)3)25-20(28)16(24-17(27)12-23)11-15-9-7-6-8-10-15/h6-10,13-14,16,18-19H,5,11-12,23H2,1-4H3,(H,24,27)(H,25,28)(H,26,29)(H,30,31). The molecule has 0 aliphatic heterocycles. The monoisotopic (exact) mass is 434 g/mol. The Bertz CT molecular complexity index is 754. The minimum Gasteiger partial charge on any atom is -0.480 e. The molecule has 9 heteroatoms. The number of carbonyl (C=O) groups is 4. The van der Waals surface area contributed by atoms with Gasteiger partial charge in [-0.25, -0.2) is 4.79 Å². The smallest absolute Gasteiger partial charge is 0.326 e. The zero-order valence-electron chi connectivity index (χ0n) is 18.6. The lowest BCUT2D eigenvalue weighted by Crippen LogP contribution is -2.58. The number of benzene rings is 1. The van der Waals surface area contributed by atoms with Gasteiger partial charge in [0, 0.05) is 6.42 Å². The lowest BCUT2D eigenvalue weighted by Gasteiger charge is -2.28. The predicted octanol–water partition coefficient (Wildman–Crippen LogP) is 0.429. The molecule has 3 amide bonds. The number of rotatable bonds is 12. The Morgan fingerprint density at radius 3 is 2.00 bits per heavy atom. The van der Waals surface area contributed by atoms with Crippen LogP contribution in [0.3, 0.4) is 0 Å². The zero-order chi connectivity index (χ0) is 23.6. The van der Waals surface area contributed by atoms with Crippen molar-refractivity contribution in [1.29, 1.82) is 0 Å². The highest BCUT2D eigenvalue weighted by atomic mass is 16.4. The van der Waals surface area contributed by atoms with Gasteiger partial charge in [-0.05, 0) is 17.4 Å². The third-order valence-electron chi connectivity index (χ3n) is 5.14. The van der Waals surface area contributed by atoms with Crippen molar-refractivity contribution < 1.29 is 24.3 Å². The zero-order valence-corrected chi connectivity index (χ0v) is 18.6. The van der Waals surface area contributed by atoms with Gasteiger partial charge in [-0.1, -0.05) is 64.4 Å². The van der Waals surface area contributed by atoms with Gasteiger partial charge in [-0.15, -0.1) is 0 Å². The van der Waals surface area contributed by atoms with Crippen LogP contribution in [0.1, 0.15) is 39.7 Å². The number of hydrogen-bond donors (Lipinski definition) is 5. The largest absolute Gasteiger partial charge is 0.480 e. The number of aliphatic carboxylic acids is 1. The summed E-state index contributed by atoms with van der Waals surface area (Å²) in [4.78, 5) is 49.2. The van der Waals surface area contributed by atoms with Crippen molar-refractivity contribution in [2.75, 3.05) is 6.54 Å². The Kier molecular flexibility index (Phi) is 10.7. The third kappa shape index (κ3) is 8.37. The highest BCUT2D eigenvalue weighted by Crippen LogP contribution is 2.11. The van der Waals surface area contributed by atoms with E-state index in [0.717, 1.165) is 5.56 Å². The number of nitrogens with two attached hydrogens (primary N) is 1. The molecular formula is C22H34N4O5. The Morgan fingerprint density at radius 2 is 1.52 bits per heavy atom. The lowest BCUT2D eigenvalue weighted by molar-refractivity contribution is -0.144. The first-order chi connectivity index (χ1) is 14.6. The summed E-state index contributed by atoms with van der Waals surface area (Å²) < 4.78 is 0. The number of carboxylic acids is 1. The van der Waals surface area contributed by atoms with Crippen LogP contribution < -0.4 is 21.7 Å². The molecule has 0 aliphatic carbocycles. The molecule has 0 saturated carbocycles. The van der Waals surface area contributed by atoms with Gasteiger partial charge in [0.25, 0.3) is 0 Å². The molecule has 0 radical (unpaired) electrons. The maximum Gasteiger partial charge on any atom is 0.326 e. The first-order valence-electron chi connectivity index (χ1n) is 10.5. The summed E-state index contributed by atoms with van der Waals surface area (Å²) in [6.45, 7) is 6.79. The second-order valence-corrected chi connectivity index (χ2v) is 7.95. The van der Waals surface area contributed by atoms with E-state index in [-0.39, 0.29) is 24.8 Å². The van der Waals surface area contributed by atoms with Gasteiger partial charge < -0.3 is 26.8 Å². The molecule has 6 N–H and O–H groups in total. The van der Waals surface area contributed by atoms with Crippen LogP contribution in [0.4, 0.5) is 0 Å². The summed E-state index contributed by atoms with van der Waals surface area (Å²) in [5, 5.41) is 17.2. The molecule has 0 spiro atoms. The van der Waals surface area contributed by atoms with Crippen LogP contribution in [-0.2, 0) is 25.6 Å². The molecule has 172 valence electrons. The molecule has 0 aliphatic rings. The summed E-state index contributed by atoms with van der Waals surface area (Å²) in [7, 11) is 0. The summed E-state index contributed by atoms with van der Waals surface area (Å²) in [5.74, 6) is -3.34. The van der Waals surface area contributed by atoms with Crippen molar-refractivity contribution in [3.63, 3.8) is 0 Å². The highest BCUT2D eigenvalue weighted by Gasteiger charge is 2.32. The normalized spacial score (nSPS) is 14.8. The molecule has 0 saturated heterocycles. The summed E-state index contributed by atoms with van der Waals surface area (Å²) in [6.07, 6.45) is 0.787. The van der Waals surface area contributed by atoms with E-state index in [2.05, 4.69) is 16.0 Å². The molecule has 0 fully saturated rings. The molecule has 4 atom stereocenters. The SMILES string of the molecule is CCC(C)C(NC(=O)C(NC(=O)C(Cc1ccccc1)NC(=O)CN)C(C)C)C(=O)O. The molecule has 0 bridgehead atoms. The Balaban J connectivity index is 3.00. The predicted molar refractivity (Wildman–Crippen MR) is 117 cm³/mol. The summed E-state index contributed by atoms with van der Waals surface area (Å²) in [5.41, 5.74) is 6.20. The molecule has 31 heavy (non-hydrogen) atoms. The van der Waals surface area contributed by atoms with E-state index in [1.807, 2.05) is 37.3 Å². The first-order valence-corrected chi connectivity index (χ1v) is 10.5. The molecule has 9 nitrogen and oxygen atoms in total. The number of carboxylic acid groups (broad SMARTS) is 1. The van der Waals surface area contributed by atoms with Gasteiger partial charge in [-0.2, -0.15) is 0 Å². The van der Waals surface area contributed by atoms with Crippen LogP contribution in [0.5, 0.6) is 0 Å². The fourth-order valence-corrected chi connectivity index (χ4v) is 3.03. The van der Waals surface area contributed by atoms with Crippen molar-refractivity contribution in [2.24, 2.45) is 17.6 Å². The Morgan fingerprint density at radius 1 is 0.935 bits per heavy atom.